The van der Waals surface area contributed by atoms with Crippen LogP contribution in [0, 0.1) is 0 Å². The largest absolute Gasteiger partial charge is 0.491 e. The van der Waals surface area contributed by atoms with E-state index in [0.29, 0.717) is 45.9 Å². The van der Waals surface area contributed by atoms with E-state index >= 15 is 0 Å². The predicted molar refractivity (Wildman–Crippen MR) is 111 cm³/mol. The molecule has 1 aliphatic heterocycles. The van der Waals surface area contributed by atoms with Gasteiger partial charge in [0.2, 0.25) is 5.91 Å². The number of nitrogens with one attached hydrogen (secondary N) is 1. The van der Waals surface area contributed by atoms with Gasteiger partial charge in [0.1, 0.15) is 17.9 Å². The fourth-order valence-corrected chi connectivity index (χ4v) is 2.88. The molecule has 152 valence electrons. The van der Waals surface area contributed by atoms with Crippen LogP contribution in [-0.2, 0) is 20.9 Å². The Morgan fingerprint density at radius 2 is 1.82 bits per heavy atom. The smallest absolute Gasteiger partial charge is 0.244 e. The second-order valence-corrected chi connectivity index (χ2v) is 6.64. The van der Waals surface area contributed by atoms with E-state index < -0.39 is 5.54 Å². The summed E-state index contributed by atoms with van der Waals surface area (Å²) in [5, 5.41) is 2.92. The zero-order valence-corrected chi connectivity index (χ0v) is 16.6. The Hall–Kier alpha value is -2.12. The average molecular weight is 407 g/mol. The number of hydrogen-bond donors (Lipinski definition) is 2. The number of halogens is 1. The minimum atomic E-state index is -0.862. The fourth-order valence-electron chi connectivity index (χ4n) is 2.88. The zero-order chi connectivity index (χ0) is 19.0. The van der Waals surface area contributed by atoms with Crippen LogP contribution in [0.2, 0.25) is 0 Å². The van der Waals surface area contributed by atoms with Crippen LogP contribution in [0.25, 0.3) is 0 Å². The first-order chi connectivity index (χ1) is 13.2. The monoisotopic (exact) mass is 406 g/mol. The van der Waals surface area contributed by atoms with Crippen molar-refractivity contribution >= 4 is 24.0 Å². The molecule has 28 heavy (non-hydrogen) atoms. The Balaban J connectivity index is 0.00000280. The van der Waals surface area contributed by atoms with Gasteiger partial charge < -0.3 is 25.3 Å². The molecule has 2 aromatic carbocycles. The molecule has 7 heteroatoms. The van der Waals surface area contributed by atoms with Gasteiger partial charge in [-0.3, -0.25) is 4.79 Å². The van der Waals surface area contributed by atoms with Crippen molar-refractivity contribution in [1.82, 2.24) is 0 Å². The third-order valence-corrected chi connectivity index (χ3v) is 4.53. The highest BCUT2D eigenvalue weighted by Crippen LogP contribution is 2.21. The molecule has 0 radical (unpaired) electrons. The van der Waals surface area contributed by atoms with E-state index in [4.69, 9.17) is 19.9 Å². The molecule has 0 saturated carbocycles. The number of hydrogen-bond acceptors (Lipinski definition) is 5. The van der Waals surface area contributed by atoms with Crippen molar-refractivity contribution in [3.8, 4) is 5.75 Å². The van der Waals surface area contributed by atoms with Crippen LogP contribution >= 0.6 is 12.4 Å². The second kappa shape index (κ2) is 11.0. The molecule has 3 rings (SSSR count). The number of amides is 1. The van der Waals surface area contributed by atoms with E-state index in [1.54, 1.807) is 0 Å². The maximum absolute atomic E-state index is 12.5. The van der Waals surface area contributed by atoms with Crippen molar-refractivity contribution in [3.05, 3.63) is 60.2 Å². The molecular formula is C21H27ClN2O4. The summed E-state index contributed by atoms with van der Waals surface area (Å²) in [4.78, 5) is 12.5. The standard InChI is InChI=1S/C21H26N2O4.ClH/c22-21(9-11-25-12-10-21)20(24)23-18-6-4-5-17(15-18)16-26-13-14-27-19-7-2-1-3-8-19;/h1-8,15H,9-14,16,22H2,(H,23,24);1H. The zero-order valence-electron chi connectivity index (χ0n) is 15.8. The van der Waals surface area contributed by atoms with Gasteiger partial charge >= 0.3 is 0 Å². The first-order valence-corrected chi connectivity index (χ1v) is 9.18. The highest BCUT2D eigenvalue weighted by Gasteiger charge is 2.35. The number of ether oxygens (including phenoxy) is 3. The lowest BCUT2D eigenvalue weighted by Gasteiger charge is -2.31. The fraction of sp³-hybridized carbons (Fsp3) is 0.381. The minimum Gasteiger partial charge on any atom is -0.491 e. The molecule has 0 unspecified atom stereocenters. The summed E-state index contributed by atoms with van der Waals surface area (Å²) in [5.41, 5.74) is 7.06. The molecule has 0 spiro atoms. The molecule has 0 aliphatic carbocycles. The van der Waals surface area contributed by atoms with E-state index in [9.17, 15) is 4.79 Å². The molecular weight excluding hydrogens is 380 g/mol. The molecule has 0 aromatic heterocycles. The maximum atomic E-state index is 12.5. The van der Waals surface area contributed by atoms with Crippen molar-refractivity contribution in [3.63, 3.8) is 0 Å². The molecule has 1 saturated heterocycles. The van der Waals surface area contributed by atoms with E-state index in [2.05, 4.69) is 5.32 Å². The Morgan fingerprint density at radius 3 is 2.57 bits per heavy atom. The summed E-state index contributed by atoms with van der Waals surface area (Å²) in [5.74, 6) is 0.662. The van der Waals surface area contributed by atoms with Gasteiger partial charge in [0, 0.05) is 18.9 Å². The first-order valence-electron chi connectivity index (χ1n) is 9.18. The van der Waals surface area contributed by atoms with Crippen molar-refractivity contribution < 1.29 is 19.0 Å². The van der Waals surface area contributed by atoms with Crippen LogP contribution in [0.5, 0.6) is 5.75 Å². The summed E-state index contributed by atoms with van der Waals surface area (Å²) >= 11 is 0. The van der Waals surface area contributed by atoms with Crippen molar-refractivity contribution in [1.29, 1.82) is 0 Å². The van der Waals surface area contributed by atoms with E-state index in [-0.39, 0.29) is 18.3 Å². The summed E-state index contributed by atoms with van der Waals surface area (Å²) in [6.45, 7) is 2.45. The van der Waals surface area contributed by atoms with E-state index in [1.807, 2.05) is 54.6 Å². The van der Waals surface area contributed by atoms with Gasteiger partial charge in [0.05, 0.1) is 13.2 Å². The summed E-state index contributed by atoms with van der Waals surface area (Å²) in [6.07, 6.45) is 1.06. The molecule has 0 atom stereocenters. The third-order valence-electron chi connectivity index (χ3n) is 4.53. The van der Waals surface area contributed by atoms with Crippen LogP contribution < -0.4 is 15.8 Å². The SMILES string of the molecule is Cl.NC1(C(=O)Nc2cccc(COCCOc3ccccc3)c2)CCOCC1. The normalized spacial score (nSPS) is 15.3. The second-order valence-electron chi connectivity index (χ2n) is 6.64. The van der Waals surface area contributed by atoms with Crippen LogP contribution in [0.3, 0.4) is 0 Å². The average Bonchev–Trinajstić information content (AvgIpc) is 2.69. The molecule has 1 aliphatic rings. The molecule has 3 N–H and O–H groups in total. The topological polar surface area (TPSA) is 82.8 Å². The van der Waals surface area contributed by atoms with E-state index in [0.717, 1.165) is 17.0 Å². The summed E-state index contributed by atoms with van der Waals surface area (Å²) in [7, 11) is 0. The summed E-state index contributed by atoms with van der Waals surface area (Å²) < 4.78 is 16.5. The van der Waals surface area contributed by atoms with Crippen LogP contribution in [-0.4, -0.2) is 37.9 Å². The van der Waals surface area contributed by atoms with Gasteiger partial charge in [-0.05, 0) is 42.7 Å². The van der Waals surface area contributed by atoms with Gasteiger partial charge in [-0.15, -0.1) is 12.4 Å². The van der Waals surface area contributed by atoms with Gasteiger partial charge in [-0.1, -0.05) is 30.3 Å². The number of anilines is 1. The Bertz CT molecular complexity index is 736. The number of carbonyl (C=O) groups is 1. The molecule has 1 fully saturated rings. The maximum Gasteiger partial charge on any atom is 0.244 e. The lowest BCUT2D eigenvalue weighted by atomic mass is 9.90. The molecule has 1 heterocycles. The highest BCUT2D eigenvalue weighted by molar-refractivity contribution is 5.98. The van der Waals surface area contributed by atoms with Crippen molar-refractivity contribution in [2.24, 2.45) is 5.73 Å². The van der Waals surface area contributed by atoms with Crippen LogP contribution in [0.15, 0.2) is 54.6 Å². The van der Waals surface area contributed by atoms with Gasteiger partial charge in [-0.2, -0.15) is 0 Å². The van der Waals surface area contributed by atoms with Crippen LogP contribution in [0.1, 0.15) is 18.4 Å². The molecule has 6 nitrogen and oxygen atoms in total. The van der Waals surface area contributed by atoms with E-state index in [1.165, 1.54) is 0 Å². The quantitative estimate of drug-likeness (QED) is 0.658. The molecule has 0 bridgehead atoms. The predicted octanol–water partition coefficient (Wildman–Crippen LogP) is 3.15. The van der Waals surface area contributed by atoms with Gasteiger partial charge in [0.25, 0.3) is 0 Å². The first kappa shape index (κ1) is 22.2. The van der Waals surface area contributed by atoms with Crippen molar-refractivity contribution in [2.75, 3.05) is 31.7 Å². The van der Waals surface area contributed by atoms with Gasteiger partial charge in [0.15, 0.2) is 0 Å². The number of nitrogens with two attached hydrogens (primary N) is 1. The number of para-hydroxylation sites is 1. The third kappa shape index (κ3) is 6.49. The highest BCUT2D eigenvalue weighted by atomic mass is 35.5. The minimum absolute atomic E-state index is 0. The summed E-state index contributed by atoms with van der Waals surface area (Å²) in [6, 6.07) is 17.2. The molecule has 2 aromatic rings. The Kier molecular flexibility index (Phi) is 8.73. The number of benzene rings is 2. The molecule has 1 amide bonds. The van der Waals surface area contributed by atoms with Gasteiger partial charge in [-0.25, -0.2) is 0 Å². The Labute approximate surface area is 171 Å². The number of carbonyl (C=O) groups excluding carboxylic acids is 1. The lowest BCUT2D eigenvalue weighted by Crippen LogP contribution is -2.54. The lowest BCUT2D eigenvalue weighted by molar-refractivity contribution is -0.124. The number of rotatable bonds is 8. The van der Waals surface area contributed by atoms with Crippen molar-refractivity contribution in [2.45, 2.75) is 25.0 Å². The Morgan fingerprint density at radius 1 is 1.07 bits per heavy atom. The van der Waals surface area contributed by atoms with Crippen LogP contribution in [0.4, 0.5) is 5.69 Å².